The van der Waals surface area contributed by atoms with E-state index >= 15 is 0 Å². The van der Waals surface area contributed by atoms with Crippen LogP contribution < -0.4 is 10.1 Å². The Morgan fingerprint density at radius 1 is 1.24 bits per heavy atom. The minimum absolute atomic E-state index is 0.125. The molecular formula is C19H31NO. The quantitative estimate of drug-likeness (QED) is 0.856. The van der Waals surface area contributed by atoms with Gasteiger partial charge in [0.05, 0.1) is 6.10 Å². The van der Waals surface area contributed by atoms with Crippen LogP contribution >= 0.6 is 0 Å². The summed E-state index contributed by atoms with van der Waals surface area (Å²) in [6.45, 7) is 12.0. The van der Waals surface area contributed by atoms with E-state index in [1.165, 1.54) is 36.8 Å². The summed E-state index contributed by atoms with van der Waals surface area (Å²) in [5, 5.41) is 3.57. The van der Waals surface area contributed by atoms with E-state index in [9.17, 15) is 0 Å². The van der Waals surface area contributed by atoms with Crippen molar-refractivity contribution in [3.8, 4) is 5.75 Å². The first-order chi connectivity index (χ1) is 9.83. The molecule has 0 amide bonds. The lowest BCUT2D eigenvalue weighted by Crippen LogP contribution is -2.35. The molecule has 1 fully saturated rings. The molecule has 1 saturated carbocycles. The average molecular weight is 289 g/mol. The van der Waals surface area contributed by atoms with Crippen molar-refractivity contribution in [1.82, 2.24) is 5.32 Å². The third kappa shape index (κ3) is 5.35. The lowest BCUT2D eigenvalue weighted by atomic mass is 9.88. The lowest BCUT2D eigenvalue weighted by molar-refractivity contribution is 0.127. The highest BCUT2D eigenvalue weighted by atomic mass is 16.5. The van der Waals surface area contributed by atoms with E-state index < -0.39 is 0 Å². The van der Waals surface area contributed by atoms with Gasteiger partial charge in [-0.3, -0.25) is 0 Å². The fraction of sp³-hybridized carbons (Fsp3) is 0.684. The van der Waals surface area contributed by atoms with Crippen LogP contribution in [0, 0.1) is 12.8 Å². The molecule has 0 radical (unpaired) electrons. The summed E-state index contributed by atoms with van der Waals surface area (Å²) in [5.74, 6) is 1.86. The first-order valence-corrected chi connectivity index (χ1v) is 8.35. The highest BCUT2D eigenvalue weighted by molar-refractivity contribution is 5.37. The van der Waals surface area contributed by atoms with Crippen LogP contribution in [0.25, 0.3) is 0 Å². The average Bonchev–Trinajstić information content (AvgIpc) is 2.38. The Morgan fingerprint density at radius 2 is 2.00 bits per heavy atom. The van der Waals surface area contributed by atoms with Gasteiger partial charge in [0.25, 0.3) is 0 Å². The number of aryl methyl sites for hydroxylation is 1. The second kappa shape index (κ2) is 6.83. The van der Waals surface area contributed by atoms with Crippen molar-refractivity contribution in [2.45, 2.75) is 78.5 Å². The van der Waals surface area contributed by atoms with Gasteiger partial charge in [0, 0.05) is 17.6 Å². The summed E-state index contributed by atoms with van der Waals surface area (Å²) in [7, 11) is 0. The Labute approximate surface area is 130 Å². The molecule has 0 saturated heterocycles. The molecular weight excluding hydrogens is 258 g/mol. The van der Waals surface area contributed by atoms with E-state index in [2.05, 4.69) is 58.1 Å². The van der Waals surface area contributed by atoms with Crippen LogP contribution in [0.1, 0.15) is 64.5 Å². The van der Waals surface area contributed by atoms with Crippen LogP contribution in [0.4, 0.5) is 0 Å². The molecule has 0 spiro atoms. The van der Waals surface area contributed by atoms with Crippen LogP contribution in [0.5, 0.6) is 5.75 Å². The Bertz CT molecular complexity index is 461. The predicted molar refractivity (Wildman–Crippen MR) is 89.8 cm³/mol. The molecule has 1 aliphatic carbocycles. The van der Waals surface area contributed by atoms with Crippen LogP contribution in [0.15, 0.2) is 18.2 Å². The Hall–Kier alpha value is -1.02. The fourth-order valence-corrected chi connectivity index (χ4v) is 2.99. The molecule has 0 bridgehead atoms. The molecule has 1 aromatic carbocycles. The SMILES string of the molecule is Cc1ccc(OC2CCCC(C)C2)c(CNC(C)(C)C)c1. The van der Waals surface area contributed by atoms with Crippen molar-refractivity contribution < 1.29 is 4.74 Å². The zero-order chi connectivity index (χ0) is 15.5. The highest BCUT2D eigenvalue weighted by Gasteiger charge is 2.21. The molecule has 1 aromatic rings. The molecule has 1 N–H and O–H groups in total. The molecule has 21 heavy (non-hydrogen) atoms. The summed E-state index contributed by atoms with van der Waals surface area (Å²) in [6.07, 6.45) is 5.44. The predicted octanol–water partition coefficient (Wildman–Crippen LogP) is 4.84. The lowest BCUT2D eigenvalue weighted by Gasteiger charge is -2.29. The molecule has 118 valence electrons. The van der Waals surface area contributed by atoms with Crippen LogP contribution in [0.3, 0.4) is 0 Å². The van der Waals surface area contributed by atoms with Crippen molar-refractivity contribution in [2.75, 3.05) is 0 Å². The fourth-order valence-electron chi connectivity index (χ4n) is 2.99. The molecule has 2 heteroatoms. The first kappa shape index (κ1) is 16.4. The molecule has 0 aromatic heterocycles. The summed E-state index contributed by atoms with van der Waals surface area (Å²) in [6, 6.07) is 6.55. The smallest absolute Gasteiger partial charge is 0.124 e. The van der Waals surface area contributed by atoms with Crippen molar-refractivity contribution in [1.29, 1.82) is 0 Å². The van der Waals surface area contributed by atoms with Gasteiger partial charge < -0.3 is 10.1 Å². The molecule has 0 aliphatic heterocycles. The molecule has 2 rings (SSSR count). The van der Waals surface area contributed by atoms with E-state index in [1.54, 1.807) is 0 Å². The zero-order valence-corrected chi connectivity index (χ0v) is 14.3. The third-order valence-electron chi connectivity index (χ3n) is 4.21. The van der Waals surface area contributed by atoms with Gasteiger partial charge in [-0.05, 0) is 58.9 Å². The van der Waals surface area contributed by atoms with Crippen molar-refractivity contribution in [2.24, 2.45) is 5.92 Å². The van der Waals surface area contributed by atoms with E-state index in [0.717, 1.165) is 18.2 Å². The van der Waals surface area contributed by atoms with E-state index in [-0.39, 0.29) is 5.54 Å². The number of ether oxygens (including phenoxy) is 1. The number of nitrogens with one attached hydrogen (secondary N) is 1. The number of hydrogen-bond acceptors (Lipinski definition) is 2. The second-order valence-electron chi connectivity index (χ2n) is 7.73. The molecule has 0 heterocycles. The highest BCUT2D eigenvalue weighted by Crippen LogP contribution is 2.29. The Kier molecular flexibility index (Phi) is 5.32. The summed E-state index contributed by atoms with van der Waals surface area (Å²) < 4.78 is 6.34. The molecule has 1 aliphatic rings. The van der Waals surface area contributed by atoms with Crippen molar-refractivity contribution in [3.05, 3.63) is 29.3 Å². The maximum absolute atomic E-state index is 6.34. The number of hydrogen-bond donors (Lipinski definition) is 1. The van der Waals surface area contributed by atoms with E-state index in [1.807, 2.05) is 0 Å². The normalized spacial score (nSPS) is 23.1. The van der Waals surface area contributed by atoms with Gasteiger partial charge >= 0.3 is 0 Å². The zero-order valence-electron chi connectivity index (χ0n) is 14.3. The monoisotopic (exact) mass is 289 g/mol. The Balaban J connectivity index is 2.07. The van der Waals surface area contributed by atoms with Crippen molar-refractivity contribution in [3.63, 3.8) is 0 Å². The van der Waals surface area contributed by atoms with Gasteiger partial charge in [-0.25, -0.2) is 0 Å². The standard InChI is InChI=1S/C19H31NO/c1-14-7-6-8-17(12-14)21-18-10-9-15(2)11-16(18)13-20-19(3,4)5/h9-11,14,17,20H,6-8,12-13H2,1-5H3. The largest absolute Gasteiger partial charge is 0.490 e. The minimum Gasteiger partial charge on any atom is -0.490 e. The topological polar surface area (TPSA) is 21.3 Å². The number of rotatable bonds is 4. The van der Waals surface area contributed by atoms with E-state index in [4.69, 9.17) is 4.74 Å². The molecule has 2 atom stereocenters. The first-order valence-electron chi connectivity index (χ1n) is 8.35. The van der Waals surface area contributed by atoms with Crippen LogP contribution in [-0.2, 0) is 6.54 Å². The Morgan fingerprint density at radius 3 is 2.67 bits per heavy atom. The van der Waals surface area contributed by atoms with Gasteiger partial charge in [-0.1, -0.05) is 31.0 Å². The van der Waals surface area contributed by atoms with Crippen LogP contribution in [0.2, 0.25) is 0 Å². The maximum atomic E-state index is 6.34. The minimum atomic E-state index is 0.125. The third-order valence-corrected chi connectivity index (χ3v) is 4.21. The van der Waals surface area contributed by atoms with Gasteiger partial charge in [0.15, 0.2) is 0 Å². The van der Waals surface area contributed by atoms with Gasteiger partial charge in [-0.15, -0.1) is 0 Å². The molecule has 2 unspecified atom stereocenters. The summed E-state index contributed by atoms with van der Waals surface area (Å²) in [4.78, 5) is 0. The van der Waals surface area contributed by atoms with Gasteiger partial charge in [0.1, 0.15) is 5.75 Å². The number of benzene rings is 1. The second-order valence-corrected chi connectivity index (χ2v) is 7.73. The van der Waals surface area contributed by atoms with Gasteiger partial charge in [0.2, 0.25) is 0 Å². The summed E-state index contributed by atoms with van der Waals surface area (Å²) >= 11 is 0. The van der Waals surface area contributed by atoms with Crippen molar-refractivity contribution >= 4 is 0 Å². The summed E-state index contributed by atoms with van der Waals surface area (Å²) in [5.41, 5.74) is 2.70. The van der Waals surface area contributed by atoms with Gasteiger partial charge in [-0.2, -0.15) is 0 Å². The maximum Gasteiger partial charge on any atom is 0.124 e. The molecule has 2 nitrogen and oxygen atoms in total. The van der Waals surface area contributed by atoms with E-state index in [0.29, 0.717) is 6.10 Å². The van der Waals surface area contributed by atoms with Crippen LogP contribution in [-0.4, -0.2) is 11.6 Å².